The van der Waals surface area contributed by atoms with E-state index in [1.807, 2.05) is 0 Å². The molecule has 0 spiro atoms. The Morgan fingerprint density at radius 3 is 2.09 bits per heavy atom. The summed E-state index contributed by atoms with van der Waals surface area (Å²) in [5.41, 5.74) is 0.411. The maximum Gasteiger partial charge on any atom is 0.341 e. The minimum atomic E-state index is -1.09. The quantitative estimate of drug-likeness (QED) is 0.643. The number of carbonyl (C=O) groups is 4. The molecule has 8 nitrogen and oxygen atoms in total. The van der Waals surface area contributed by atoms with Gasteiger partial charge < -0.3 is 9.84 Å². The number of ether oxygens (including phenoxy) is 1. The van der Waals surface area contributed by atoms with Crippen molar-refractivity contribution >= 4 is 29.9 Å². The Morgan fingerprint density at radius 2 is 1.61 bits per heavy atom. The first-order valence-corrected chi connectivity index (χ1v) is 6.57. The lowest BCUT2D eigenvalue weighted by Crippen LogP contribution is -2.52. The number of likely N-dealkylation sites (N-methyl/N-ethyl adjacent to an activating group) is 2. The van der Waals surface area contributed by atoms with Gasteiger partial charge >= 0.3 is 12.0 Å². The Hall–Kier alpha value is -3.16. The van der Waals surface area contributed by atoms with Crippen LogP contribution in [-0.4, -0.2) is 59.4 Å². The van der Waals surface area contributed by atoms with Crippen LogP contribution in [0.1, 0.15) is 5.56 Å². The monoisotopic (exact) mass is 318 g/mol. The van der Waals surface area contributed by atoms with Crippen LogP contribution in [0.2, 0.25) is 0 Å². The zero-order valence-corrected chi connectivity index (χ0v) is 12.5. The second kappa shape index (κ2) is 6.30. The number of imide groups is 2. The maximum absolute atomic E-state index is 12.0. The number of aliphatic carboxylic acids is 1. The van der Waals surface area contributed by atoms with Gasteiger partial charge in [-0.05, 0) is 23.8 Å². The molecule has 0 bridgehead atoms. The molecule has 0 aromatic heterocycles. The minimum Gasteiger partial charge on any atom is -0.482 e. The van der Waals surface area contributed by atoms with Crippen LogP contribution < -0.4 is 4.74 Å². The second-order valence-electron chi connectivity index (χ2n) is 4.82. The van der Waals surface area contributed by atoms with Gasteiger partial charge in [-0.3, -0.25) is 19.4 Å². The van der Waals surface area contributed by atoms with Crippen LogP contribution in [0.5, 0.6) is 5.75 Å². The molecule has 1 aliphatic heterocycles. The number of carbonyl (C=O) groups excluding carboxylic acids is 3. The van der Waals surface area contributed by atoms with Crippen LogP contribution >= 0.6 is 0 Å². The van der Waals surface area contributed by atoms with Crippen molar-refractivity contribution in [1.29, 1.82) is 0 Å². The van der Waals surface area contributed by atoms with Crippen molar-refractivity contribution in [1.82, 2.24) is 9.80 Å². The molecule has 1 aromatic carbocycles. The van der Waals surface area contributed by atoms with Gasteiger partial charge in [-0.1, -0.05) is 12.1 Å². The summed E-state index contributed by atoms with van der Waals surface area (Å²) < 4.78 is 4.99. The van der Waals surface area contributed by atoms with Gasteiger partial charge in [0.05, 0.1) is 0 Å². The van der Waals surface area contributed by atoms with Gasteiger partial charge in [0.1, 0.15) is 11.3 Å². The number of benzene rings is 1. The Morgan fingerprint density at radius 1 is 1.09 bits per heavy atom. The molecular formula is C15H14N2O6. The van der Waals surface area contributed by atoms with Crippen molar-refractivity contribution in [2.75, 3.05) is 20.7 Å². The van der Waals surface area contributed by atoms with Gasteiger partial charge in [0.15, 0.2) is 6.61 Å². The molecule has 0 radical (unpaired) electrons. The van der Waals surface area contributed by atoms with Crippen molar-refractivity contribution in [2.24, 2.45) is 0 Å². The highest BCUT2D eigenvalue weighted by Gasteiger charge is 2.37. The van der Waals surface area contributed by atoms with Gasteiger partial charge in [0.2, 0.25) is 0 Å². The van der Waals surface area contributed by atoms with Crippen molar-refractivity contribution in [3.63, 3.8) is 0 Å². The van der Waals surface area contributed by atoms with E-state index in [-0.39, 0.29) is 5.57 Å². The van der Waals surface area contributed by atoms with Crippen LogP contribution in [0.25, 0.3) is 6.08 Å². The van der Waals surface area contributed by atoms with Crippen molar-refractivity contribution < 1.29 is 29.0 Å². The number of amides is 4. The Kier molecular flexibility index (Phi) is 4.44. The molecule has 1 aromatic rings. The normalized spacial score (nSPS) is 15.0. The van der Waals surface area contributed by atoms with Crippen LogP contribution in [0.4, 0.5) is 4.79 Å². The van der Waals surface area contributed by atoms with E-state index < -0.39 is 30.4 Å². The number of carboxylic acid groups (broad SMARTS) is 1. The fourth-order valence-electron chi connectivity index (χ4n) is 1.95. The Bertz CT molecular complexity index is 681. The fraction of sp³-hybridized carbons (Fsp3) is 0.200. The molecule has 2 rings (SSSR count). The molecule has 1 N–H and O–H groups in total. The number of hydrogen-bond donors (Lipinski definition) is 1. The number of hydrogen-bond acceptors (Lipinski definition) is 5. The van der Waals surface area contributed by atoms with E-state index >= 15 is 0 Å². The summed E-state index contributed by atoms with van der Waals surface area (Å²) in [6, 6.07) is 5.49. The summed E-state index contributed by atoms with van der Waals surface area (Å²) in [6.07, 6.45) is 1.37. The highest BCUT2D eigenvalue weighted by atomic mass is 16.5. The van der Waals surface area contributed by atoms with E-state index in [2.05, 4.69) is 0 Å². The first-order chi connectivity index (χ1) is 10.8. The predicted octanol–water partition coefficient (Wildman–Crippen LogP) is 0.584. The SMILES string of the molecule is CN1C(=O)C(=Cc2ccc(OCC(=O)O)cc2)C(=O)N(C)C1=O. The molecular weight excluding hydrogens is 304 g/mol. The smallest absolute Gasteiger partial charge is 0.341 e. The molecule has 4 amide bonds. The van der Waals surface area contributed by atoms with Crippen LogP contribution in [-0.2, 0) is 14.4 Å². The zero-order chi connectivity index (χ0) is 17.1. The molecule has 0 atom stereocenters. The van der Waals surface area contributed by atoms with E-state index in [1.54, 1.807) is 12.1 Å². The lowest BCUT2D eigenvalue weighted by atomic mass is 10.1. The highest BCUT2D eigenvalue weighted by molar-refractivity contribution is 6.30. The van der Waals surface area contributed by atoms with Crippen molar-refractivity contribution in [2.45, 2.75) is 0 Å². The zero-order valence-electron chi connectivity index (χ0n) is 12.5. The van der Waals surface area contributed by atoms with Crippen molar-refractivity contribution in [3.05, 3.63) is 35.4 Å². The Labute approximate surface area is 131 Å². The largest absolute Gasteiger partial charge is 0.482 e. The van der Waals surface area contributed by atoms with E-state index in [4.69, 9.17) is 9.84 Å². The predicted molar refractivity (Wildman–Crippen MR) is 78.5 cm³/mol. The van der Waals surface area contributed by atoms with Gasteiger partial charge in [-0.2, -0.15) is 0 Å². The lowest BCUT2D eigenvalue weighted by Gasteiger charge is -2.28. The number of rotatable bonds is 4. The molecule has 23 heavy (non-hydrogen) atoms. The molecule has 1 aliphatic rings. The third-order valence-electron chi connectivity index (χ3n) is 3.20. The van der Waals surface area contributed by atoms with E-state index in [9.17, 15) is 19.2 Å². The molecule has 1 saturated heterocycles. The molecule has 0 unspecified atom stereocenters. The first kappa shape index (κ1) is 16.2. The standard InChI is InChI=1S/C15H14N2O6/c1-16-13(20)11(14(21)17(2)15(16)22)7-9-3-5-10(6-4-9)23-8-12(18)19/h3-7H,8H2,1-2H3,(H,18,19). The average molecular weight is 318 g/mol. The summed E-state index contributed by atoms with van der Waals surface area (Å²) in [4.78, 5) is 47.8. The van der Waals surface area contributed by atoms with Gasteiger partial charge in [0.25, 0.3) is 11.8 Å². The second-order valence-corrected chi connectivity index (χ2v) is 4.82. The van der Waals surface area contributed by atoms with Gasteiger partial charge in [-0.15, -0.1) is 0 Å². The first-order valence-electron chi connectivity index (χ1n) is 6.57. The summed E-state index contributed by atoms with van der Waals surface area (Å²) in [5, 5.41) is 8.53. The fourth-order valence-corrected chi connectivity index (χ4v) is 1.95. The van der Waals surface area contributed by atoms with E-state index in [0.29, 0.717) is 11.3 Å². The van der Waals surface area contributed by atoms with E-state index in [0.717, 1.165) is 9.80 Å². The summed E-state index contributed by atoms with van der Waals surface area (Å²) >= 11 is 0. The molecule has 0 aliphatic carbocycles. The van der Waals surface area contributed by atoms with Crippen LogP contribution in [0.3, 0.4) is 0 Å². The summed E-state index contributed by atoms with van der Waals surface area (Å²) in [6.45, 7) is -0.463. The Balaban J connectivity index is 2.23. The summed E-state index contributed by atoms with van der Waals surface area (Å²) in [5.74, 6) is -2.10. The van der Waals surface area contributed by atoms with Crippen LogP contribution in [0, 0.1) is 0 Å². The molecule has 0 saturated carbocycles. The number of nitrogens with zero attached hydrogens (tertiary/aromatic N) is 2. The lowest BCUT2D eigenvalue weighted by molar-refractivity contribution is -0.139. The molecule has 1 heterocycles. The number of carboxylic acids is 1. The summed E-state index contributed by atoms with van der Waals surface area (Å²) in [7, 11) is 2.59. The third-order valence-corrected chi connectivity index (χ3v) is 3.20. The number of urea groups is 1. The van der Waals surface area contributed by atoms with Crippen molar-refractivity contribution in [3.8, 4) is 5.75 Å². The maximum atomic E-state index is 12.0. The molecule has 1 fully saturated rings. The van der Waals surface area contributed by atoms with Crippen LogP contribution in [0.15, 0.2) is 29.8 Å². The molecule has 120 valence electrons. The average Bonchev–Trinajstić information content (AvgIpc) is 2.54. The highest BCUT2D eigenvalue weighted by Crippen LogP contribution is 2.19. The molecule has 8 heteroatoms. The minimum absolute atomic E-state index is 0.131. The topological polar surface area (TPSA) is 104 Å². The van der Waals surface area contributed by atoms with E-state index in [1.165, 1.54) is 32.3 Å². The number of barbiturate groups is 1. The van der Waals surface area contributed by atoms with Gasteiger partial charge in [-0.25, -0.2) is 9.59 Å². The van der Waals surface area contributed by atoms with Gasteiger partial charge in [0, 0.05) is 14.1 Å². The third kappa shape index (κ3) is 3.37.